The molecule has 4 rings (SSSR count). The number of aryl methyl sites for hydroxylation is 2. The van der Waals surface area contributed by atoms with Crippen molar-refractivity contribution < 1.29 is 14.6 Å². The fourth-order valence-electron chi connectivity index (χ4n) is 4.67. The van der Waals surface area contributed by atoms with Crippen molar-refractivity contribution in [2.75, 3.05) is 26.2 Å². The van der Waals surface area contributed by atoms with E-state index in [9.17, 15) is 9.90 Å². The molecule has 6 nitrogen and oxygen atoms in total. The van der Waals surface area contributed by atoms with E-state index in [1.165, 1.54) is 12.8 Å². The van der Waals surface area contributed by atoms with Crippen LogP contribution in [0.4, 0.5) is 0 Å². The minimum absolute atomic E-state index is 0.0244. The maximum atomic E-state index is 12.6. The minimum atomic E-state index is -0.568. The lowest BCUT2D eigenvalue weighted by atomic mass is 9.98. The predicted molar refractivity (Wildman–Crippen MR) is 143 cm³/mol. The number of aliphatic hydroxyl groups excluding tert-OH is 1. The van der Waals surface area contributed by atoms with Crippen molar-refractivity contribution in [2.45, 2.75) is 51.7 Å². The summed E-state index contributed by atoms with van der Waals surface area (Å²) in [7, 11) is 0. The van der Waals surface area contributed by atoms with E-state index in [1.54, 1.807) is 6.20 Å². The van der Waals surface area contributed by atoms with Crippen LogP contribution >= 0.6 is 0 Å². The number of nitrogens with zero attached hydrogens (tertiary/aromatic N) is 2. The number of carbonyl (C=O) groups is 1. The normalized spacial score (nSPS) is 15.4. The van der Waals surface area contributed by atoms with Crippen molar-refractivity contribution >= 4 is 5.91 Å². The minimum Gasteiger partial charge on any atom is -0.488 e. The van der Waals surface area contributed by atoms with Gasteiger partial charge in [-0.05, 0) is 105 Å². The Bertz CT molecular complexity index is 1110. The van der Waals surface area contributed by atoms with Crippen LogP contribution < -0.4 is 10.1 Å². The summed E-state index contributed by atoms with van der Waals surface area (Å²) >= 11 is 0. The van der Waals surface area contributed by atoms with Crippen LogP contribution in [0.1, 0.15) is 47.7 Å². The van der Waals surface area contributed by atoms with E-state index < -0.39 is 6.10 Å². The lowest BCUT2D eigenvalue weighted by Crippen LogP contribution is -2.33. The van der Waals surface area contributed by atoms with Crippen molar-refractivity contribution in [3.63, 3.8) is 0 Å². The Morgan fingerprint density at radius 1 is 1.14 bits per heavy atom. The SMILES string of the molecule is Cc1cc(C(=O)NCCN2CCCC2)ccc1-c1ccc(O[C@@H](C)[C@H](O)CCc2cccnc2)cc1. The number of hydrogen-bond acceptors (Lipinski definition) is 5. The molecule has 2 N–H and O–H groups in total. The van der Waals surface area contributed by atoms with Crippen LogP contribution in [0.2, 0.25) is 0 Å². The molecule has 3 aromatic rings. The first-order valence-electron chi connectivity index (χ1n) is 12.9. The van der Waals surface area contributed by atoms with Gasteiger partial charge < -0.3 is 20.1 Å². The van der Waals surface area contributed by atoms with Gasteiger partial charge in [0, 0.05) is 31.0 Å². The highest BCUT2D eigenvalue weighted by Gasteiger charge is 2.17. The smallest absolute Gasteiger partial charge is 0.251 e. The van der Waals surface area contributed by atoms with Gasteiger partial charge in [-0.3, -0.25) is 9.78 Å². The zero-order chi connectivity index (χ0) is 25.3. The molecule has 1 fully saturated rings. The van der Waals surface area contributed by atoms with E-state index in [-0.39, 0.29) is 12.0 Å². The fraction of sp³-hybridized carbons (Fsp3) is 0.400. The van der Waals surface area contributed by atoms with E-state index in [0.717, 1.165) is 54.1 Å². The highest BCUT2D eigenvalue weighted by molar-refractivity contribution is 5.95. The molecule has 0 aliphatic carbocycles. The maximum Gasteiger partial charge on any atom is 0.251 e. The molecule has 0 unspecified atom stereocenters. The van der Waals surface area contributed by atoms with E-state index in [1.807, 2.05) is 74.6 Å². The molecule has 0 radical (unpaired) electrons. The molecule has 190 valence electrons. The van der Waals surface area contributed by atoms with Crippen molar-refractivity contribution in [1.29, 1.82) is 0 Å². The van der Waals surface area contributed by atoms with Crippen LogP contribution in [-0.4, -0.2) is 59.3 Å². The standard InChI is InChI=1S/C30H37N3O3/c1-22-20-26(30(35)32-16-19-33-17-3-4-18-33)10-13-28(22)25-8-11-27(12-9-25)36-23(2)29(34)14-7-24-6-5-15-31-21-24/h5-6,8-13,15,20-21,23,29,34H,3-4,7,14,16-19H2,1-2H3,(H,32,35)/t23-,29+/m0/s1. The van der Waals surface area contributed by atoms with Gasteiger partial charge in [-0.2, -0.15) is 0 Å². The van der Waals surface area contributed by atoms with Crippen LogP contribution in [-0.2, 0) is 6.42 Å². The molecule has 36 heavy (non-hydrogen) atoms. The largest absolute Gasteiger partial charge is 0.488 e. The third-order valence-corrected chi connectivity index (χ3v) is 6.88. The summed E-state index contributed by atoms with van der Waals surface area (Å²) in [5, 5.41) is 13.6. The third-order valence-electron chi connectivity index (χ3n) is 6.88. The summed E-state index contributed by atoms with van der Waals surface area (Å²) in [4.78, 5) is 19.1. The highest BCUT2D eigenvalue weighted by atomic mass is 16.5. The molecule has 2 atom stereocenters. The molecule has 2 aromatic carbocycles. The molecule has 1 aliphatic rings. The van der Waals surface area contributed by atoms with E-state index in [0.29, 0.717) is 18.5 Å². The Kier molecular flexibility index (Phi) is 9.09. The summed E-state index contributed by atoms with van der Waals surface area (Å²) in [5.41, 5.74) is 4.99. The summed E-state index contributed by atoms with van der Waals surface area (Å²) in [5.74, 6) is 0.696. The number of likely N-dealkylation sites (tertiary alicyclic amines) is 1. The van der Waals surface area contributed by atoms with Gasteiger partial charge in [0.15, 0.2) is 0 Å². The van der Waals surface area contributed by atoms with Crippen molar-refractivity contribution in [3.8, 4) is 16.9 Å². The van der Waals surface area contributed by atoms with Gasteiger partial charge in [0.1, 0.15) is 11.9 Å². The Hall–Kier alpha value is -3.22. The zero-order valence-electron chi connectivity index (χ0n) is 21.3. The van der Waals surface area contributed by atoms with Crippen LogP contribution in [0.15, 0.2) is 67.0 Å². The van der Waals surface area contributed by atoms with Gasteiger partial charge in [-0.15, -0.1) is 0 Å². The molecule has 1 saturated heterocycles. The lowest BCUT2D eigenvalue weighted by Gasteiger charge is -2.21. The number of nitrogens with one attached hydrogen (secondary N) is 1. The van der Waals surface area contributed by atoms with Gasteiger partial charge in [0.2, 0.25) is 0 Å². The first kappa shape index (κ1) is 25.9. The highest BCUT2D eigenvalue weighted by Crippen LogP contribution is 2.27. The molecule has 6 heteroatoms. The monoisotopic (exact) mass is 487 g/mol. The van der Waals surface area contributed by atoms with Crippen LogP contribution in [0.5, 0.6) is 5.75 Å². The molecule has 1 amide bonds. The number of hydrogen-bond donors (Lipinski definition) is 2. The number of aromatic nitrogens is 1. The number of amides is 1. The van der Waals surface area contributed by atoms with Crippen molar-refractivity contribution in [3.05, 3.63) is 83.7 Å². The molecule has 0 spiro atoms. The van der Waals surface area contributed by atoms with Gasteiger partial charge in [-0.25, -0.2) is 0 Å². The molecule has 1 aromatic heterocycles. The molecule has 0 saturated carbocycles. The zero-order valence-corrected chi connectivity index (χ0v) is 21.3. The van der Waals surface area contributed by atoms with Crippen LogP contribution in [0.25, 0.3) is 11.1 Å². The lowest BCUT2D eigenvalue weighted by molar-refractivity contribution is 0.0420. The van der Waals surface area contributed by atoms with Crippen LogP contribution in [0, 0.1) is 6.92 Å². The van der Waals surface area contributed by atoms with Crippen molar-refractivity contribution in [2.24, 2.45) is 0 Å². The average Bonchev–Trinajstić information content (AvgIpc) is 3.42. The average molecular weight is 488 g/mol. The fourth-order valence-corrected chi connectivity index (χ4v) is 4.67. The van der Waals surface area contributed by atoms with E-state index in [2.05, 4.69) is 15.2 Å². The quantitative estimate of drug-likeness (QED) is 0.412. The second-order valence-corrected chi connectivity index (χ2v) is 9.65. The van der Waals surface area contributed by atoms with Gasteiger partial charge in [0.25, 0.3) is 5.91 Å². The molecular weight excluding hydrogens is 450 g/mol. The third kappa shape index (κ3) is 7.15. The number of aliphatic hydroxyl groups is 1. The molecule has 0 bridgehead atoms. The molecular formula is C30H37N3O3. The summed E-state index contributed by atoms with van der Waals surface area (Å²) in [6, 6.07) is 17.7. The summed E-state index contributed by atoms with van der Waals surface area (Å²) < 4.78 is 5.99. The van der Waals surface area contributed by atoms with Gasteiger partial charge >= 0.3 is 0 Å². The summed E-state index contributed by atoms with van der Waals surface area (Å²) in [6.45, 7) is 7.79. The Morgan fingerprint density at radius 3 is 2.61 bits per heavy atom. The number of rotatable bonds is 11. The summed E-state index contributed by atoms with van der Waals surface area (Å²) in [6.07, 6.45) is 6.58. The number of carbonyl (C=O) groups excluding carboxylic acids is 1. The Balaban J connectivity index is 1.29. The second-order valence-electron chi connectivity index (χ2n) is 9.65. The number of ether oxygens (including phenoxy) is 1. The maximum absolute atomic E-state index is 12.6. The number of pyridine rings is 1. The first-order valence-corrected chi connectivity index (χ1v) is 12.9. The first-order chi connectivity index (χ1) is 17.5. The Morgan fingerprint density at radius 2 is 1.92 bits per heavy atom. The topological polar surface area (TPSA) is 74.7 Å². The number of benzene rings is 2. The molecule has 2 heterocycles. The second kappa shape index (κ2) is 12.7. The van der Waals surface area contributed by atoms with E-state index >= 15 is 0 Å². The van der Waals surface area contributed by atoms with Gasteiger partial charge in [-0.1, -0.05) is 24.3 Å². The van der Waals surface area contributed by atoms with Crippen LogP contribution in [0.3, 0.4) is 0 Å². The predicted octanol–water partition coefficient (Wildman–Crippen LogP) is 4.64. The molecule has 1 aliphatic heterocycles. The van der Waals surface area contributed by atoms with E-state index in [4.69, 9.17) is 4.74 Å². The Labute approximate surface area is 214 Å². The van der Waals surface area contributed by atoms with Crippen molar-refractivity contribution in [1.82, 2.24) is 15.2 Å². The van der Waals surface area contributed by atoms with Gasteiger partial charge in [0.05, 0.1) is 6.10 Å².